The SMILES string of the molecule is COC(C)c1noc(Cn2c(=O)n(C)c3sccc32)n1. The fraction of sp³-hybridized carbons (Fsp3) is 0.417. The number of hydrogen-bond donors (Lipinski definition) is 0. The summed E-state index contributed by atoms with van der Waals surface area (Å²) in [5.41, 5.74) is 0.786. The van der Waals surface area contributed by atoms with Gasteiger partial charge < -0.3 is 9.26 Å². The van der Waals surface area contributed by atoms with Gasteiger partial charge in [-0.1, -0.05) is 5.16 Å². The van der Waals surface area contributed by atoms with Crippen LogP contribution in [0.5, 0.6) is 0 Å². The first-order valence-electron chi connectivity index (χ1n) is 6.09. The van der Waals surface area contributed by atoms with Crippen molar-refractivity contribution in [3.8, 4) is 0 Å². The molecule has 0 amide bonds. The summed E-state index contributed by atoms with van der Waals surface area (Å²) < 4.78 is 13.5. The Hall–Kier alpha value is -1.93. The van der Waals surface area contributed by atoms with E-state index in [4.69, 9.17) is 9.26 Å². The van der Waals surface area contributed by atoms with Gasteiger partial charge in [0, 0.05) is 14.2 Å². The number of thiophene rings is 1. The standard InChI is InChI=1S/C12H14N4O3S/c1-7(18-3)10-13-9(19-14-10)6-16-8-4-5-20-11(8)15(2)12(16)17/h4-5,7H,6H2,1-3H3. The summed E-state index contributed by atoms with van der Waals surface area (Å²) in [4.78, 5) is 17.3. The third-order valence-electron chi connectivity index (χ3n) is 3.23. The Bertz CT molecular complexity index is 797. The van der Waals surface area contributed by atoms with Gasteiger partial charge in [0.05, 0.1) is 5.52 Å². The number of nitrogens with zero attached hydrogens (tertiary/aromatic N) is 4. The van der Waals surface area contributed by atoms with E-state index in [1.807, 2.05) is 18.4 Å². The maximum atomic E-state index is 12.2. The molecule has 1 atom stereocenters. The van der Waals surface area contributed by atoms with Crippen LogP contribution in [0.1, 0.15) is 24.7 Å². The third-order valence-corrected chi connectivity index (χ3v) is 4.21. The molecule has 7 nitrogen and oxygen atoms in total. The molecule has 8 heteroatoms. The first-order valence-corrected chi connectivity index (χ1v) is 6.97. The minimum atomic E-state index is -0.235. The largest absolute Gasteiger partial charge is 0.374 e. The molecule has 0 spiro atoms. The second-order valence-corrected chi connectivity index (χ2v) is 5.36. The van der Waals surface area contributed by atoms with Crippen LogP contribution >= 0.6 is 11.3 Å². The number of imidazole rings is 1. The molecule has 20 heavy (non-hydrogen) atoms. The van der Waals surface area contributed by atoms with Crippen LogP contribution in [0.25, 0.3) is 10.3 Å². The lowest BCUT2D eigenvalue weighted by atomic mass is 10.4. The van der Waals surface area contributed by atoms with Crippen LogP contribution < -0.4 is 5.69 Å². The lowest BCUT2D eigenvalue weighted by Gasteiger charge is -2.01. The fourth-order valence-electron chi connectivity index (χ4n) is 2.01. The highest BCUT2D eigenvalue weighted by Crippen LogP contribution is 2.20. The molecule has 0 fully saturated rings. The quantitative estimate of drug-likeness (QED) is 0.729. The highest BCUT2D eigenvalue weighted by atomic mass is 32.1. The zero-order valence-electron chi connectivity index (χ0n) is 11.4. The van der Waals surface area contributed by atoms with E-state index in [1.165, 1.54) is 11.3 Å². The van der Waals surface area contributed by atoms with Gasteiger partial charge in [0.25, 0.3) is 0 Å². The normalized spacial score (nSPS) is 13.2. The van der Waals surface area contributed by atoms with Crippen LogP contribution in [0.4, 0.5) is 0 Å². The number of aryl methyl sites for hydroxylation is 1. The van der Waals surface area contributed by atoms with Crippen LogP contribution in [0.15, 0.2) is 20.8 Å². The Labute approximate surface area is 118 Å². The van der Waals surface area contributed by atoms with Gasteiger partial charge >= 0.3 is 5.69 Å². The molecule has 3 aromatic rings. The van der Waals surface area contributed by atoms with Crippen LogP contribution in [0.3, 0.4) is 0 Å². The van der Waals surface area contributed by atoms with E-state index in [9.17, 15) is 4.79 Å². The predicted octanol–water partition coefficient (Wildman–Crippen LogP) is 1.54. The maximum absolute atomic E-state index is 12.2. The summed E-state index contributed by atoms with van der Waals surface area (Å²) in [6, 6.07) is 1.91. The van der Waals surface area contributed by atoms with Crippen molar-refractivity contribution in [2.45, 2.75) is 19.6 Å². The van der Waals surface area contributed by atoms with Gasteiger partial charge in [-0.05, 0) is 18.4 Å². The third kappa shape index (κ3) is 1.97. The van der Waals surface area contributed by atoms with Crippen LogP contribution in [0.2, 0.25) is 0 Å². The van der Waals surface area contributed by atoms with Crippen LogP contribution in [-0.2, 0) is 18.3 Å². The van der Waals surface area contributed by atoms with Crippen molar-refractivity contribution in [1.29, 1.82) is 0 Å². The lowest BCUT2D eigenvalue weighted by molar-refractivity contribution is 0.109. The summed E-state index contributed by atoms with van der Waals surface area (Å²) in [5.74, 6) is 0.873. The van der Waals surface area contributed by atoms with Gasteiger partial charge in [0.1, 0.15) is 17.5 Å². The molecule has 0 saturated heterocycles. The average molecular weight is 294 g/mol. The Morgan fingerprint density at radius 2 is 2.35 bits per heavy atom. The molecule has 106 valence electrons. The van der Waals surface area contributed by atoms with E-state index >= 15 is 0 Å². The molecule has 1 unspecified atom stereocenters. The summed E-state index contributed by atoms with van der Waals surface area (Å²) in [6.45, 7) is 2.09. The average Bonchev–Trinajstić information content (AvgIpc) is 3.14. The molecule has 3 heterocycles. The van der Waals surface area contributed by atoms with Gasteiger partial charge in [0.2, 0.25) is 5.89 Å². The Kier molecular flexibility index (Phi) is 3.19. The first kappa shape index (κ1) is 13.1. The van der Waals surface area contributed by atoms with E-state index in [-0.39, 0.29) is 18.3 Å². The van der Waals surface area contributed by atoms with E-state index in [1.54, 1.807) is 23.3 Å². The van der Waals surface area contributed by atoms with Crippen molar-refractivity contribution < 1.29 is 9.26 Å². The summed E-state index contributed by atoms with van der Waals surface area (Å²) in [5, 5.41) is 5.81. The van der Waals surface area contributed by atoms with Crippen molar-refractivity contribution in [3.05, 3.63) is 33.6 Å². The summed E-state index contributed by atoms with van der Waals surface area (Å²) in [7, 11) is 3.33. The summed E-state index contributed by atoms with van der Waals surface area (Å²) in [6.07, 6.45) is -0.235. The smallest absolute Gasteiger partial charge is 0.329 e. The molecule has 3 rings (SSSR count). The van der Waals surface area contributed by atoms with Crippen molar-refractivity contribution in [1.82, 2.24) is 19.3 Å². The zero-order valence-corrected chi connectivity index (χ0v) is 12.2. The highest BCUT2D eigenvalue weighted by molar-refractivity contribution is 7.16. The van der Waals surface area contributed by atoms with Crippen LogP contribution in [0, 0.1) is 0 Å². The molecule has 0 aliphatic rings. The molecule has 0 saturated carbocycles. The highest BCUT2D eigenvalue weighted by Gasteiger charge is 2.17. The summed E-state index contributed by atoms with van der Waals surface area (Å²) >= 11 is 1.53. The molecule has 0 bridgehead atoms. The van der Waals surface area contributed by atoms with E-state index in [2.05, 4.69) is 10.1 Å². The molecule has 0 N–H and O–H groups in total. The molecular weight excluding hydrogens is 280 g/mol. The lowest BCUT2D eigenvalue weighted by Crippen LogP contribution is -2.22. The molecular formula is C12H14N4O3S. The minimum Gasteiger partial charge on any atom is -0.374 e. The number of hydrogen-bond acceptors (Lipinski definition) is 6. The Balaban J connectivity index is 1.97. The van der Waals surface area contributed by atoms with Gasteiger partial charge in [-0.25, -0.2) is 4.79 Å². The number of methoxy groups -OCH3 is 1. The van der Waals surface area contributed by atoms with Crippen molar-refractivity contribution in [2.24, 2.45) is 7.05 Å². The van der Waals surface area contributed by atoms with E-state index in [0.717, 1.165) is 10.3 Å². The molecule has 3 aromatic heterocycles. The second-order valence-electron chi connectivity index (χ2n) is 4.46. The van der Waals surface area contributed by atoms with Crippen molar-refractivity contribution in [2.75, 3.05) is 7.11 Å². The Morgan fingerprint density at radius 1 is 1.55 bits per heavy atom. The molecule has 0 radical (unpaired) electrons. The monoisotopic (exact) mass is 294 g/mol. The molecule has 0 aliphatic carbocycles. The van der Waals surface area contributed by atoms with Gasteiger partial charge in [-0.3, -0.25) is 9.13 Å². The molecule has 0 aliphatic heterocycles. The van der Waals surface area contributed by atoms with Crippen molar-refractivity contribution >= 4 is 21.7 Å². The predicted molar refractivity (Wildman–Crippen MR) is 73.9 cm³/mol. The van der Waals surface area contributed by atoms with Crippen molar-refractivity contribution in [3.63, 3.8) is 0 Å². The minimum absolute atomic E-state index is 0.0913. The number of fused-ring (bicyclic) bond motifs is 1. The number of aromatic nitrogens is 4. The molecule has 0 aromatic carbocycles. The topological polar surface area (TPSA) is 75.1 Å². The first-order chi connectivity index (χ1) is 9.61. The second kappa shape index (κ2) is 4.88. The maximum Gasteiger partial charge on any atom is 0.329 e. The van der Waals surface area contributed by atoms with Gasteiger partial charge in [-0.15, -0.1) is 11.3 Å². The van der Waals surface area contributed by atoms with E-state index < -0.39 is 0 Å². The number of ether oxygens (including phenoxy) is 1. The van der Waals surface area contributed by atoms with Gasteiger partial charge in [0.15, 0.2) is 5.82 Å². The Morgan fingerprint density at radius 3 is 3.10 bits per heavy atom. The zero-order chi connectivity index (χ0) is 14.3. The fourth-order valence-corrected chi connectivity index (χ4v) is 2.87. The van der Waals surface area contributed by atoms with Crippen LogP contribution in [-0.4, -0.2) is 26.4 Å². The van der Waals surface area contributed by atoms with E-state index in [0.29, 0.717) is 11.7 Å². The number of rotatable bonds is 4. The van der Waals surface area contributed by atoms with Gasteiger partial charge in [-0.2, -0.15) is 4.98 Å².